The van der Waals surface area contributed by atoms with Crippen LogP contribution in [0, 0.1) is 6.92 Å². The molecule has 2 aromatic rings. The van der Waals surface area contributed by atoms with E-state index in [0.29, 0.717) is 22.2 Å². The van der Waals surface area contributed by atoms with Gasteiger partial charge in [-0.2, -0.15) is 0 Å². The number of benzene rings is 1. The molecule has 0 aliphatic carbocycles. The number of rotatable bonds is 3. The smallest absolute Gasteiger partial charge is 0.225 e. The number of pyridine rings is 1. The van der Waals surface area contributed by atoms with Crippen molar-refractivity contribution in [3.05, 3.63) is 52.7 Å². The highest BCUT2D eigenvalue weighted by Gasteiger charge is 2.12. The number of aliphatic hydroxyl groups is 1. The molecular formula is C14H14ClNO2. The quantitative estimate of drug-likeness (QED) is 0.914. The molecule has 94 valence electrons. The summed E-state index contributed by atoms with van der Waals surface area (Å²) in [6, 6.07) is 8.96. The first-order valence-corrected chi connectivity index (χ1v) is 6.02. The Morgan fingerprint density at radius 1 is 1.33 bits per heavy atom. The summed E-state index contributed by atoms with van der Waals surface area (Å²) in [6.07, 6.45) is 0.995. The first kappa shape index (κ1) is 12.9. The molecule has 0 bridgehead atoms. The van der Waals surface area contributed by atoms with Gasteiger partial charge in [-0.15, -0.1) is 0 Å². The third kappa shape index (κ3) is 2.81. The van der Waals surface area contributed by atoms with E-state index in [1.165, 1.54) is 0 Å². The van der Waals surface area contributed by atoms with Crippen LogP contribution in [0.15, 0.2) is 36.5 Å². The van der Waals surface area contributed by atoms with Gasteiger partial charge in [0.25, 0.3) is 0 Å². The summed E-state index contributed by atoms with van der Waals surface area (Å²) in [5, 5.41) is 10.3. The molecule has 0 saturated heterocycles. The van der Waals surface area contributed by atoms with Crippen molar-refractivity contribution in [2.24, 2.45) is 0 Å². The molecule has 0 amide bonds. The highest BCUT2D eigenvalue weighted by molar-refractivity contribution is 6.30. The summed E-state index contributed by atoms with van der Waals surface area (Å²) in [7, 11) is 0. The lowest BCUT2D eigenvalue weighted by Gasteiger charge is -2.13. The van der Waals surface area contributed by atoms with Crippen LogP contribution in [0.3, 0.4) is 0 Å². The van der Waals surface area contributed by atoms with E-state index in [4.69, 9.17) is 16.3 Å². The third-order valence-electron chi connectivity index (χ3n) is 2.61. The minimum absolute atomic E-state index is 0.401. The van der Waals surface area contributed by atoms with Crippen LogP contribution < -0.4 is 4.74 Å². The first-order valence-electron chi connectivity index (χ1n) is 5.65. The van der Waals surface area contributed by atoms with Crippen molar-refractivity contribution in [2.45, 2.75) is 20.0 Å². The van der Waals surface area contributed by atoms with Crippen LogP contribution in [-0.4, -0.2) is 10.1 Å². The van der Waals surface area contributed by atoms with Gasteiger partial charge in [0.2, 0.25) is 5.88 Å². The summed E-state index contributed by atoms with van der Waals surface area (Å²) in [6.45, 7) is 3.60. The Morgan fingerprint density at radius 3 is 2.83 bits per heavy atom. The predicted octanol–water partition coefficient (Wildman–Crippen LogP) is 3.89. The molecule has 2 rings (SSSR count). The van der Waals surface area contributed by atoms with Crippen molar-refractivity contribution in [1.29, 1.82) is 0 Å². The molecule has 3 nitrogen and oxygen atoms in total. The minimum Gasteiger partial charge on any atom is -0.438 e. The summed E-state index contributed by atoms with van der Waals surface area (Å²) in [5.41, 5.74) is 1.61. The van der Waals surface area contributed by atoms with Gasteiger partial charge in [-0.05, 0) is 43.7 Å². The van der Waals surface area contributed by atoms with Gasteiger partial charge in [0.15, 0.2) is 0 Å². The van der Waals surface area contributed by atoms with Crippen LogP contribution >= 0.6 is 11.6 Å². The van der Waals surface area contributed by atoms with Crippen LogP contribution in [0.5, 0.6) is 11.6 Å². The van der Waals surface area contributed by atoms with E-state index in [0.717, 1.165) is 5.56 Å². The number of nitrogens with zero attached hydrogens (tertiary/aromatic N) is 1. The van der Waals surface area contributed by atoms with E-state index >= 15 is 0 Å². The lowest BCUT2D eigenvalue weighted by molar-refractivity contribution is 0.194. The Bertz CT molecular complexity index is 555. The van der Waals surface area contributed by atoms with Crippen molar-refractivity contribution >= 4 is 11.6 Å². The van der Waals surface area contributed by atoms with Gasteiger partial charge >= 0.3 is 0 Å². The van der Waals surface area contributed by atoms with E-state index in [-0.39, 0.29) is 0 Å². The predicted molar refractivity (Wildman–Crippen MR) is 71.1 cm³/mol. The molecule has 1 aromatic carbocycles. The summed E-state index contributed by atoms with van der Waals surface area (Å²) in [5.74, 6) is 1.04. The van der Waals surface area contributed by atoms with Gasteiger partial charge in [-0.25, -0.2) is 4.98 Å². The Hall–Kier alpha value is -1.58. The molecule has 1 atom stereocenters. The topological polar surface area (TPSA) is 42.4 Å². The highest BCUT2D eigenvalue weighted by atomic mass is 35.5. The fourth-order valence-electron chi connectivity index (χ4n) is 1.59. The van der Waals surface area contributed by atoms with Crippen molar-refractivity contribution in [2.75, 3.05) is 0 Å². The molecule has 1 N–H and O–H groups in total. The molecule has 18 heavy (non-hydrogen) atoms. The fraction of sp³-hybridized carbons (Fsp3) is 0.214. The molecule has 0 aliphatic heterocycles. The molecular weight excluding hydrogens is 250 g/mol. The number of halogens is 1. The molecule has 0 unspecified atom stereocenters. The maximum Gasteiger partial charge on any atom is 0.225 e. The number of ether oxygens (including phenoxy) is 1. The van der Waals surface area contributed by atoms with Crippen molar-refractivity contribution in [3.63, 3.8) is 0 Å². The van der Waals surface area contributed by atoms with E-state index in [9.17, 15) is 5.11 Å². The van der Waals surface area contributed by atoms with Crippen LogP contribution in [0.4, 0.5) is 0 Å². The largest absolute Gasteiger partial charge is 0.438 e. The molecule has 1 aromatic heterocycles. The van der Waals surface area contributed by atoms with E-state index in [1.54, 1.807) is 37.4 Å². The molecule has 0 aliphatic rings. The van der Waals surface area contributed by atoms with Gasteiger partial charge in [-0.1, -0.05) is 17.7 Å². The lowest BCUT2D eigenvalue weighted by Crippen LogP contribution is -1.98. The first-order chi connectivity index (χ1) is 8.58. The Balaban J connectivity index is 2.37. The molecule has 4 heteroatoms. The molecule has 0 saturated carbocycles. The van der Waals surface area contributed by atoms with E-state index in [2.05, 4.69) is 4.98 Å². The zero-order valence-electron chi connectivity index (χ0n) is 10.2. The zero-order valence-corrected chi connectivity index (χ0v) is 11.0. The molecule has 0 radical (unpaired) electrons. The second-order valence-electron chi connectivity index (χ2n) is 4.09. The monoisotopic (exact) mass is 263 g/mol. The maximum absolute atomic E-state index is 9.66. The Labute approximate surface area is 111 Å². The van der Waals surface area contributed by atoms with Crippen LogP contribution in [-0.2, 0) is 0 Å². The van der Waals surface area contributed by atoms with Gasteiger partial charge in [0, 0.05) is 16.8 Å². The molecule has 0 spiro atoms. The number of hydrogen-bond donors (Lipinski definition) is 1. The average molecular weight is 264 g/mol. The zero-order chi connectivity index (χ0) is 13.1. The number of aromatic nitrogens is 1. The normalized spacial score (nSPS) is 12.2. The summed E-state index contributed by atoms with van der Waals surface area (Å²) < 4.78 is 5.73. The van der Waals surface area contributed by atoms with Gasteiger partial charge in [-0.3, -0.25) is 0 Å². The van der Waals surface area contributed by atoms with Gasteiger partial charge in [0.05, 0.1) is 6.10 Å². The second kappa shape index (κ2) is 5.38. The SMILES string of the molecule is Cc1ccc(Cl)cc1Oc1ncccc1[C@H](C)O. The number of hydrogen-bond acceptors (Lipinski definition) is 3. The van der Waals surface area contributed by atoms with E-state index < -0.39 is 6.10 Å². The minimum atomic E-state index is -0.631. The maximum atomic E-state index is 9.66. The highest BCUT2D eigenvalue weighted by Crippen LogP contribution is 2.30. The van der Waals surface area contributed by atoms with Gasteiger partial charge in [0.1, 0.15) is 5.75 Å². The fourth-order valence-corrected chi connectivity index (χ4v) is 1.76. The Morgan fingerprint density at radius 2 is 2.11 bits per heavy atom. The van der Waals surface area contributed by atoms with Gasteiger partial charge < -0.3 is 9.84 Å². The third-order valence-corrected chi connectivity index (χ3v) is 2.84. The molecule has 0 fully saturated rings. The lowest BCUT2D eigenvalue weighted by atomic mass is 10.2. The average Bonchev–Trinajstić information content (AvgIpc) is 2.34. The number of aryl methyl sites for hydroxylation is 1. The Kier molecular flexibility index (Phi) is 3.84. The van der Waals surface area contributed by atoms with E-state index in [1.807, 2.05) is 13.0 Å². The summed E-state index contributed by atoms with van der Waals surface area (Å²) >= 11 is 5.94. The van der Waals surface area contributed by atoms with Crippen LogP contribution in [0.1, 0.15) is 24.2 Å². The van der Waals surface area contributed by atoms with Crippen LogP contribution in [0.2, 0.25) is 5.02 Å². The summed E-state index contributed by atoms with van der Waals surface area (Å²) in [4.78, 5) is 4.14. The van der Waals surface area contributed by atoms with Crippen molar-refractivity contribution < 1.29 is 9.84 Å². The molecule has 1 heterocycles. The van der Waals surface area contributed by atoms with Crippen molar-refractivity contribution in [3.8, 4) is 11.6 Å². The second-order valence-corrected chi connectivity index (χ2v) is 4.52. The van der Waals surface area contributed by atoms with Crippen molar-refractivity contribution in [1.82, 2.24) is 4.98 Å². The number of aliphatic hydroxyl groups excluding tert-OH is 1. The van der Waals surface area contributed by atoms with Crippen LogP contribution in [0.25, 0.3) is 0 Å². The standard InChI is InChI=1S/C14H14ClNO2/c1-9-5-6-11(15)8-13(9)18-14-12(10(2)17)4-3-7-16-14/h3-8,10,17H,1-2H3/t10-/m0/s1.